The van der Waals surface area contributed by atoms with E-state index in [1.807, 2.05) is 0 Å². The molecular weight excluding hydrogens is 1020 g/mol. The van der Waals surface area contributed by atoms with Crippen LogP contribution in [0.5, 0.6) is 0 Å². The van der Waals surface area contributed by atoms with Gasteiger partial charge >= 0.3 is 25.7 Å². The maximum atomic E-state index is 13.0. The van der Waals surface area contributed by atoms with Gasteiger partial charge in [-0.05, 0) is 83.5 Å². The smallest absolute Gasteiger partial charge is 0.462 e. The van der Waals surface area contributed by atoms with Crippen LogP contribution in [0.25, 0.3) is 0 Å². The van der Waals surface area contributed by atoms with Gasteiger partial charge in [0, 0.05) is 19.3 Å². The highest BCUT2D eigenvalue weighted by Gasteiger charge is 2.28. The molecule has 0 amide bonds. The molecule has 0 saturated carbocycles. The summed E-state index contributed by atoms with van der Waals surface area (Å²) in [5.74, 6) is -1.47. The Labute approximate surface area is 491 Å². The number of carbonyl (C=O) groups is 3. The van der Waals surface area contributed by atoms with Crippen LogP contribution in [-0.2, 0) is 42.2 Å². The van der Waals surface area contributed by atoms with Crippen molar-refractivity contribution in [3.05, 3.63) is 60.8 Å². The molecule has 0 aliphatic carbocycles. The zero-order chi connectivity index (χ0) is 58.3. The van der Waals surface area contributed by atoms with E-state index in [1.165, 1.54) is 161 Å². The molecule has 0 heterocycles. The van der Waals surface area contributed by atoms with Gasteiger partial charge in [0.25, 0.3) is 0 Å². The predicted molar refractivity (Wildman–Crippen MR) is 335 cm³/mol. The van der Waals surface area contributed by atoms with E-state index < -0.39 is 57.8 Å². The summed E-state index contributed by atoms with van der Waals surface area (Å²) >= 11 is 0. The summed E-state index contributed by atoms with van der Waals surface area (Å²) in [6, 6.07) is 0. The van der Waals surface area contributed by atoms with Crippen LogP contribution in [0.15, 0.2) is 60.8 Å². The zero-order valence-corrected chi connectivity index (χ0v) is 52.7. The molecule has 0 aromatic rings. The minimum Gasteiger partial charge on any atom is -0.462 e. The van der Waals surface area contributed by atoms with E-state index >= 15 is 0 Å². The number of esters is 3. The molecule has 0 saturated heterocycles. The molecule has 0 aliphatic rings. The van der Waals surface area contributed by atoms with E-state index in [1.54, 1.807) is 0 Å². The average Bonchev–Trinajstić information content (AvgIpc) is 3.45. The van der Waals surface area contributed by atoms with Crippen LogP contribution >= 0.6 is 7.82 Å². The van der Waals surface area contributed by atoms with Gasteiger partial charge in [0.05, 0.1) is 19.8 Å². The van der Waals surface area contributed by atoms with Gasteiger partial charge in [-0.3, -0.25) is 23.4 Å². The number of ether oxygens (including phenoxy) is 3. The van der Waals surface area contributed by atoms with Gasteiger partial charge < -0.3 is 24.2 Å². The van der Waals surface area contributed by atoms with Crippen molar-refractivity contribution in [1.82, 2.24) is 0 Å². The van der Waals surface area contributed by atoms with Crippen LogP contribution in [0.1, 0.15) is 316 Å². The van der Waals surface area contributed by atoms with Crippen LogP contribution in [0.4, 0.5) is 0 Å². The zero-order valence-electron chi connectivity index (χ0n) is 51.8. The van der Waals surface area contributed by atoms with E-state index in [-0.39, 0.29) is 25.9 Å². The third-order valence-corrected chi connectivity index (χ3v) is 15.4. The molecule has 0 aliphatic heterocycles. The Balaban J connectivity index is 4.69. The Kier molecular flexibility index (Phi) is 60.0. The molecule has 3 unspecified atom stereocenters. The lowest BCUT2D eigenvalue weighted by atomic mass is 10.0. The molecule has 11 nitrogen and oxygen atoms in total. The number of aliphatic hydroxyl groups is 1. The van der Waals surface area contributed by atoms with Gasteiger partial charge in [-0.25, -0.2) is 4.57 Å². The molecule has 0 fully saturated rings. The van der Waals surface area contributed by atoms with Gasteiger partial charge in [0.15, 0.2) is 6.10 Å². The van der Waals surface area contributed by atoms with Crippen LogP contribution < -0.4 is 0 Å². The first-order valence-corrected chi connectivity index (χ1v) is 34.7. The van der Waals surface area contributed by atoms with Crippen molar-refractivity contribution < 1.29 is 52.2 Å². The summed E-state index contributed by atoms with van der Waals surface area (Å²) in [5.41, 5.74) is 0. The SMILES string of the molecule is CC/C=C\C/C=C\C/C=C\C/C=C\CCCCCCC(=O)OC(CO)COP(=O)(O)OCC(COC(=O)CCCCCCCCC/C=C\CCCCCCCC)OC(=O)CCCCCCCCCCCCCCCCCCCCC. The van der Waals surface area contributed by atoms with Crippen LogP contribution in [0.3, 0.4) is 0 Å². The van der Waals surface area contributed by atoms with Gasteiger partial charge in [-0.2, -0.15) is 0 Å². The monoisotopic (exact) mass is 1150 g/mol. The van der Waals surface area contributed by atoms with Crippen molar-refractivity contribution in [2.24, 2.45) is 0 Å². The Hall–Kier alpha value is -2.82. The molecule has 0 radical (unpaired) electrons. The van der Waals surface area contributed by atoms with Crippen molar-refractivity contribution in [3.63, 3.8) is 0 Å². The first-order valence-electron chi connectivity index (χ1n) is 33.2. The molecule has 0 rings (SSSR count). The molecule has 3 atom stereocenters. The number of hydrogen-bond donors (Lipinski definition) is 2. The summed E-state index contributed by atoms with van der Waals surface area (Å²) in [5, 5.41) is 9.86. The average molecular weight is 1150 g/mol. The first kappa shape index (κ1) is 77.2. The lowest BCUT2D eigenvalue weighted by Crippen LogP contribution is -2.30. The minimum absolute atomic E-state index is 0.150. The van der Waals surface area contributed by atoms with Crippen molar-refractivity contribution in [3.8, 4) is 0 Å². The molecule has 80 heavy (non-hydrogen) atoms. The standard InChI is InChI=1S/C68H123O11P/c1-4-7-10-13-16-19-22-25-28-31-32-35-38-41-44-47-50-53-56-59-68(72)79-65(61-75-66(70)57-54-51-48-45-42-39-36-33-29-26-23-20-17-14-11-8-5-2)63-77-80(73,74)76-62-64(60-69)78-67(71)58-55-52-49-46-43-40-37-34-30-27-24-21-18-15-12-9-6-3/h9,12,18,21,26-27,29-30,37,40,64-65,69H,4-8,10-11,13-17,19-20,22-25,28,31-36,38-39,41-63H2,1-3H3,(H,73,74)/b12-9-,21-18-,29-26-,30-27-,40-37-. The van der Waals surface area contributed by atoms with Crippen LogP contribution in [-0.4, -0.2) is 66.5 Å². The topological polar surface area (TPSA) is 155 Å². The van der Waals surface area contributed by atoms with E-state index in [4.69, 9.17) is 23.3 Å². The fourth-order valence-electron chi connectivity index (χ4n) is 9.40. The van der Waals surface area contributed by atoms with Crippen LogP contribution in [0, 0.1) is 0 Å². The minimum atomic E-state index is -4.76. The molecular formula is C68H123O11P. The molecule has 2 N–H and O–H groups in total. The Morgan fingerprint density at radius 1 is 0.362 bits per heavy atom. The molecule has 12 heteroatoms. The number of phosphoric ester groups is 1. The fraction of sp³-hybridized carbons (Fsp3) is 0.809. The second kappa shape index (κ2) is 62.2. The Morgan fingerprint density at radius 2 is 0.650 bits per heavy atom. The third kappa shape index (κ3) is 59.8. The van der Waals surface area contributed by atoms with Crippen molar-refractivity contribution in [2.75, 3.05) is 26.4 Å². The number of phosphoric acid groups is 1. The highest BCUT2D eigenvalue weighted by atomic mass is 31.2. The molecule has 0 bridgehead atoms. The van der Waals surface area contributed by atoms with Gasteiger partial charge in [0.2, 0.25) is 0 Å². The summed E-state index contributed by atoms with van der Waals surface area (Å²) in [4.78, 5) is 48.8. The lowest BCUT2D eigenvalue weighted by molar-refractivity contribution is -0.161. The summed E-state index contributed by atoms with van der Waals surface area (Å²) in [6.45, 7) is 4.56. The van der Waals surface area contributed by atoms with Crippen molar-refractivity contribution >= 4 is 25.7 Å². The molecule has 0 aromatic heterocycles. The number of hydrogen-bond acceptors (Lipinski definition) is 10. The van der Waals surface area contributed by atoms with Crippen molar-refractivity contribution in [2.45, 2.75) is 328 Å². The maximum absolute atomic E-state index is 13.0. The van der Waals surface area contributed by atoms with E-state index in [9.17, 15) is 28.9 Å². The lowest BCUT2D eigenvalue weighted by Gasteiger charge is -2.21. The third-order valence-electron chi connectivity index (χ3n) is 14.4. The first-order chi connectivity index (χ1) is 39.2. The largest absolute Gasteiger partial charge is 0.472 e. The van der Waals surface area contributed by atoms with Crippen molar-refractivity contribution in [1.29, 1.82) is 0 Å². The maximum Gasteiger partial charge on any atom is 0.472 e. The number of allylic oxidation sites excluding steroid dienone is 10. The highest BCUT2D eigenvalue weighted by molar-refractivity contribution is 7.47. The Bertz CT molecular complexity index is 1570. The quantitative estimate of drug-likeness (QED) is 0.0197. The fourth-order valence-corrected chi connectivity index (χ4v) is 10.2. The number of aliphatic hydroxyl groups excluding tert-OH is 1. The predicted octanol–water partition coefficient (Wildman–Crippen LogP) is 20.3. The van der Waals surface area contributed by atoms with Gasteiger partial charge in [0.1, 0.15) is 12.7 Å². The number of carbonyl (C=O) groups excluding carboxylic acids is 3. The number of rotatable bonds is 62. The van der Waals surface area contributed by atoms with E-state index in [0.29, 0.717) is 19.3 Å². The normalized spacial score (nSPS) is 13.6. The molecule has 0 spiro atoms. The summed E-state index contributed by atoms with van der Waals surface area (Å²) in [6.07, 6.45) is 70.3. The molecule has 466 valence electrons. The summed E-state index contributed by atoms with van der Waals surface area (Å²) < 4.78 is 39.7. The number of unbranched alkanes of at least 4 members (excludes halogenated alkanes) is 35. The van der Waals surface area contributed by atoms with Gasteiger partial charge in [-0.15, -0.1) is 0 Å². The highest BCUT2D eigenvalue weighted by Crippen LogP contribution is 2.43. The second-order valence-corrected chi connectivity index (χ2v) is 23.7. The van der Waals surface area contributed by atoms with Gasteiger partial charge in [-0.1, -0.05) is 274 Å². The summed E-state index contributed by atoms with van der Waals surface area (Å²) in [7, 11) is -4.76. The van der Waals surface area contributed by atoms with E-state index in [0.717, 1.165) is 96.3 Å². The molecule has 0 aromatic carbocycles. The Morgan fingerprint density at radius 3 is 1.01 bits per heavy atom. The van der Waals surface area contributed by atoms with Crippen LogP contribution in [0.2, 0.25) is 0 Å². The van der Waals surface area contributed by atoms with E-state index in [2.05, 4.69) is 81.5 Å². The second-order valence-electron chi connectivity index (χ2n) is 22.3.